The van der Waals surface area contributed by atoms with E-state index in [4.69, 9.17) is 14.5 Å². The third kappa shape index (κ3) is 6.94. The van der Waals surface area contributed by atoms with E-state index in [1.165, 1.54) is 20.3 Å². The van der Waals surface area contributed by atoms with Crippen molar-refractivity contribution in [3.8, 4) is 6.07 Å². The maximum absolute atomic E-state index is 14.3. The molecule has 224 valence electrons. The number of amides is 4. The molecule has 42 heavy (non-hydrogen) atoms. The molecule has 1 heterocycles. The second-order valence-electron chi connectivity index (χ2n) is 10.3. The Morgan fingerprint density at radius 2 is 1.83 bits per heavy atom. The molecule has 1 atom stereocenters. The molecular weight excluding hydrogens is 548 g/mol. The Bertz CT molecular complexity index is 1330. The molecule has 0 spiro atoms. The summed E-state index contributed by atoms with van der Waals surface area (Å²) < 4.78 is 33.2. The van der Waals surface area contributed by atoms with E-state index >= 15 is 0 Å². The molecule has 1 saturated carbocycles. The van der Waals surface area contributed by atoms with Crippen LogP contribution in [0.1, 0.15) is 42.9 Å². The summed E-state index contributed by atoms with van der Waals surface area (Å²) in [5.41, 5.74) is 1.40. The van der Waals surface area contributed by atoms with Crippen LogP contribution in [0.3, 0.4) is 0 Å². The lowest BCUT2D eigenvalue weighted by molar-refractivity contribution is -0.266. The predicted molar refractivity (Wildman–Crippen MR) is 149 cm³/mol. The van der Waals surface area contributed by atoms with Crippen LogP contribution < -0.4 is 16.0 Å². The Morgan fingerprint density at radius 1 is 1.10 bits per heavy atom. The first-order chi connectivity index (χ1) is 20.3. The first kappa shape index (κ1) is 31.1. The van der Waals surface area contributed by atoms with Crippen LogP contribution >= 0.6 is 0 Å². The standard InChI is InChI=1S/C30H35F2N5O5/c1-40-18-26-23(17-42-41-2)27(20-8-9-24(31)25(32)16-20)37(29(39)36-26)28(38)35-15-14-34-22-10-12-30(19-33,13-11-22)21-6-4-3-5-7-21/h3-9,16,22,27,34H,10-15,17-18H2,1-2H3,(H,35,38)(H,36,39). The molecule has 4 rings (SSSR count). The number of methoxy groups -OCH3 is 1. The maximum atomic E-state index is 14.3. The molecule has 0 saturated heterocycles. The van der Waals surface area contributed by atoms with Gasteiger partial charge in [0.1, 0.15) is 6.61 Å². The second-order valence-corrected chi connectivity index (χ2v) is 10.3. The zero-order chi connectivity index (χ0) is 30.1. The molecule has 0 radical (unpaired) electrons. The van der Waals surface area contributed by atoms with Gasteiger partial charge in [-0.2, -0.15) is 5.26 Å². The smallest absolute Gasteiger partial charge is 0.330 e. The summed E-state index contributed by atoms with van der Waals surface area (Å²) in [4.78, 5) is 37.3. The molecule has 12 heteroatoms. The van der Waals surface area contributed by atoms with E-state index in [0.29, 0.717) is 17.8 Å². The van der Waals surface area contributed by atoms with Gasteiger partial charge in [0.25, 0.3) is 0 Å². The van der Waals surface area contributed by atoms with E-state index in [2.05, 4.69) is 22.0 Å². The number of urea groups is 2. The average Bonchev–Trinajstić information content (AvgIpc) is 3.00. The molecule has 0 aromatic heterocycles. The van der Waals surface area contributed by atoms with Gasteiger partial charge in [0, 0.05) is 37.5 Å². The van der Waals surface area contributed by atoms with Crippen LogP contribution in [0.4, 0.5) is 18.4 Å². The van der Waals surface area contributed by atoms with Crippen LogP contribution in [-0.4, -0.2) is 63.5 Å². The summed E-state index contributed by atoms with van der Waals surface area (Å²) >= 11 is 0. The second kappa shape index (κ2) is 14.3. The molecule has 2 aromatic rings. The van der Waals surface area contributed by atoms with Crippen LogP contribution in [-0.2, 0) is 19.9 Å². The van der Waals surface area contributed by atoms with Crippen molar-refractivity contribution in [2.24, 2.45) is 0 Å². The summed E-state index contributed by atoms with van der Waals surface area (Å²) in [6.45, 7) is 0.424. The minimum absolute atomic E-state index is 0.0214. The summed E-state index contributed by atoms with van der Waals surface area (Å²) in [7, 11) is 2.73. The zero-order valence-corrected chi connectivity index (χ0v) is 23.6. The lowest BCUT2D eigenvalue weighted by Crippen LogP contribution is -2.55. The highest BCUT2D eigenvalue weighted by molar-refractivity contribution is 5.96. The van der Waals surface area contributed by atoms with Crippen LogP contribution in [0, 0.1) is 23.0 Å². The van der Waals surface area contributed by atoms with Crippen molar-refractivity contribution in [1.29, 1.82) is 5.26 Å². The monoisotopic (exact) mass is 583 g/mol. The number of imide groups is 1. The number of carbonyl (C=O) groups is 2. The van der Waals surface area contributed by atoms with Crippen molar-refractivity contribution < 1.29 is 32.9 Å². The van der Waals surface area contributed by atoms with Gasteiger partial charge in [-0.15, -0.1) is 0 Å². The Kier molecular flexibility index (Phi) is 10.6. The third-order valence-corrected chi connectivity index (χ3v) is 7.77. The molecule has 1 aliphatic carbocycles. The first-order valence-corrected chi connectivity index (χ1v) is 13.7. The van der Waals surface area contributed by atoms with Crippen molar-refractivity contribution in [2.75, 3.05) is 40.5 Å². The van der Waals surface area contributed by atoms with E-state index in [1.807, 2.05) is 30.3 Å². The average molecular weight is 584 g/mol. The van der Waals surface area contributed by atoms with Crippen molar-refractivity contribution >= 4 is 12.1 Å². The fourth-order valence-electron chi connectivity index (χ4n) is 5.58. The van der Waals surface area contributed by atoms with E-state index in [1.54, 1.807) is 0 Å². The highest BCUT2D eigenvalue weighted by atomic mass is 19.2. The summed E-state index contributed by atoms with van der Waals surface area (Å²) in [6.07, 6.45) is 3.06. The molecule has 0 bridgehead atoms. The Balaban J connectivity index is 1.42. The molecule has 2 aromatic carbocycles. The third-order valence-electron chi connectivity index (χ3n) is 7.77. The van der Waals surface area contributed by atoms with Crippen LogP contribution in [0.25, 0.3) is 0 Å². The largest absolute Gasteiger partial charge is 0.378 e. The molecule has 10 nitrogen and oxygen atoms in total. The van der Waals surface area contributed by atoms with Crippen molar-refractivity contribution in [1.82, 2.24) is 20.9 Å². The topological polar surface area (TPSA) is 125 Å². The summed E-state index contributed by atoms with van der Waals surface area (Å²) in [5, 5.41) is 18.7. The Hall–Kier alpha value is -3.89. The van der Waals surface area contributed by atoms with Gasteiger partial charge in [-0.3, -0.25) is 0 Å². The van der Waals surface area contributed by atoms with E-state index < -0.39 is 35.2 Å². The van der Waals surface area contributed by atoms with E-state index in [0.717, 1.165) is 48.3 Å². The number of halogens is 2. The Labute approximate surface area is 243 Å². The number of rotatable bonds is 11. The number of nitrogens with zero attached hydrogens (tertiary/aromatic N) is 2. The molecule has 1 fully saturated rings. The number of nitrogens with one attached hydrogen (secondary N) is 3. The lowest BCUT2D eigenvalue weighted by atomic mass is 9.69. The Morgan fingerprint density at radius 3 is 2.48 bits per heavy atom. The number of nitriles is 1. The van der Waals surface area contributed by atoms with Gasteiger partial charge in [0.15, 0.2) is 11.6 Å². The molecular formula is C30H35F2N5O5. The van der Waals surface area contributed by atoms with Crippen molar-refractivity contribution in [3.63, 3.8) is 0 Å². The normalized spacial score (nSPS) is 22.5. The quantitative estimate of drug-likeness (QED) is 0.206. The fourth-order valence-corrected chi connectivity index (χ4v) is 5.58. The molecule has 1 aliphatic heterocycles. The van der Waals surface area contributed by atoms with Crippen molar-refractivity contribution in [3.05, 3.63) is 82.6 Å². The highest BCUT2D eigenvalue weighted by Crippen LogP contribution is 2.39. The van der Waals surface area contributed by atoms with Gasteiger partial charge in [-0.25, -0.2) is 33.0 Å². The lowest BCUT2D eigenvalue weighted by Gasteiger charge is -2.38. The van der Waals surface area contributed by atoms with Crippen LogP contribution in [0.2, 0.25) is 0 Å². The highest BCUT2D eigenvalue weighted by Gasteiger charge is 2.40. The summed E-state index contributed by atoms with van der Waals surface area (Å²) in [6, 6.07) is 13.1. The molecule has 3 N–H and O–H groups in total. The number of ether oxygens (including phenoxy) is 1. The number of hydrogen-bond acceptors (Lipinski definition) is 7. The van der Waals surface area contributed by atoms with Crippen molar-refractivity contribution in [2.45, 2.75) is 43.2 Å². The minimum Gasteiger partial charge on any atom is -0.378 e. The number of hydrogen-bond donors (Lipinski definition) is 3. The first-order valence-electron chi connectivity index (χ1n) is 13.7. The number of benzene rings is 2. The summed E-state index contributed by atoms with van der Waals surface area (Å²) in [5.74, 6) is -2.18. The van der Waals surface area contributed by atoms with Gasteiger partial charge < -0.3 is 20.7 Å². The van der Waals surface area contributed by atoms with Gasteiger partial charge in [0.05, 0.1) is 31.2 Å². The molecule has 2 aliphatic rings. The predicted octanol–water partition coefficient (Wildman–Crippen LogP) is 4.21. The maximum Gasteiger partial charge on any atom is 0.330 e. The van der Waals surface area contributed by atoms with Crippen LogP contribution in [0.5, 0.6) is 0 Å². The fraction of sp³-hybridized carbons (Fsp3) is 0.433. The van der Waals surface area contributed by atoms with E-state index in [-0.39, 0.29) is 31.4 Å². The van der Waals surface area contributed by atoms with Gasteiger partial charge in [-0.05, 0) is 48.9 Å². The van der Waals surface area contributed by atoms with Gasteiger partial charge in [-0.1, -0.05) is 36.4 Å². The van der Waals surface area contributed by atoms with Gasteiger partial charge >= 0.3 is 12.1 Å². The van der Waals surface area contributed by atoms with Gasteiger partial charge in [0.2, 0.25) is 0 Å². The molecule has 1 unspecified atom stereocenters. The molecule has 4 amide bonds. The van der Waals surface area contributed by atoms with Crippen LogP contribution in [0.15, 0.2) is 59.8 Å². The SMILES string of the molecule is COCC1=C(COOC)C(c2ccc(F)c(F)c2)N(C(=O)NCCNC2CCC(C#N)(c3ccccc3)CC2)C(=O)N1. The minimum atomic E-state index is -1.12. The van der Waals surface area contributed by atoms with E-state index in [9.17, 15) is 23.6 Å². The number of carbonyl (C=O) groups excluding carboxylic acids is 2. The zero-order valence-electron chi connectivity index (χ0n) is 23.6.